The summed E-state index contributed by atoms with van der Waals surface area (Å²) in [6.07, 6.45) is 2.32. The molecule has 1 aromatic carbocycles. The number of pyridine rings is 1. The first-order valence-corrected chi connectivity index (χ1v) is 6.67. The lowest BCUT2D eigenvalue weighted by molar-refractivity contribution is 0.0572. The van der Waals surface area contributed by atoms with Crippen molar-refractivity contribution in [3.8, 4) is 0 Å². The van der Waals surface area contributed by atoms with Crippen LogP contribution in [0.25, 0.3) is 0 Å². The van der Waals surface area contributed by atoms with Crippen molar-refractivity contribution < 1.29 is 5.11 Å². The van der Waals surface area contributed by atoms with Gasteiger partial charge in [-0.05, 0) is 37.6 Å². The molecule has 0 radical (unpaired) electrons. The smallest absolute Gasteiger partial charge is 0.0923 e. The van der Waals surface area contributed by atoms with E-state index < -0.39 is 5.60 Å². The molecule has 0 aliphatic carbocycles. The first-order valence-electron chi connectivity index (χ1n) is 5.87. The van der Waals surface area contributed by atoms with E-state index >= 15 is 0 Å². The van der Waals surface area contributed by atoms with E-state index in [-0.39, 0.29) is 0 Å². The summed E-state index contributed by atoms with van der Waals surface area (Å²) in [6.45, 7) is 3.76. The molecule has 0 aliphatic heterocycles. The molecule has 18 heavy (non-hydrogen) atoms. The molecule has 1 N–H and O–H groups in total. The van der Waals surface area contributed by atoms with Crippen molar-refractivity contribution in [2.75, 3.05) is 0 Å². The topological polar surface area (TPSA) is 33.1 Å². The number of benzene rings is 1. The standard InChI is InChI=1S/C15H16BrNO/c1-11-3-6-13(10-17-11)15(2,18)9-12-4-7-14(16)8-5-12/h3-8,10,18H,9H2,1-2H3. The fourth-order valence-electron chi connectivity index (χ4n) is 1.89. The van der Waals surface area contributed by atoms with Gasteiger partial charge in [-0.3, -0.25) is 4.98 Å². The van der Waals surface area contributed by atoms with Crippen molar-refractivity contribution in [3.05, 3.63) is 63.9 Å². The Balaban J connectivity index is 2.20. The van der Waals surface area contributed by atoms with E-state index in [1.54, 1.807) is 6.20 Å². The molecule has 2 rings (SSSR count). The van der Waals surface area contributed by atoms with Crippen LogP contribution in [0.15, 0.2) is 47.1 Å². The summed E-state index contributed by atoms with van der Waals surface area (Å²) in [7, 11) is 0. The van der Waals surface area contributed by atoms with Gasteiger partial charge >= 0.3 is 0 Å². The number of halogens is 1. The van der Waals surface area contributed by atoms with E-state index in [2.05, 4.69) is 20.9 Å². The summed E-state index contributed by atoms with van der Waals surface area (Å²) in [5, 5.41) is 10.5. The van der Waals surface area contributed by atoms with Crippen LogP contribution in [0.4, 0.5) is 0 Å². The lowest BCUT2D eigenvalue weighted by atomic mass is 9.90. The molecule has 2 nitrogen and oxygen atoms in total. The average molecular weight is 306 g/mol. The quantitative estimate of drug-likeness (QED) is 0.940. The van der Waals surface area contributed by atoms with Gasteiger partial charge in [-0.15, -0.1) is 0 Å². The molecule has 1 aromatic heterocycles. The zero-order valence-corrected chi connectivity index (χ0v) is 12.1. The SMILES string of the molecule is Cc1ccc(C(C)(O)Cc2ccc(Br)cc2)cn1. The molecule has 1 unspecified atom stereocenters. The van der Waals surface area contributed by atoms with Gasteiger partial charge in [0.25, 0.3) is 0 Å². The molecule has 2 aromatic rings. The molecule has 0 saturated heterocycles. The highest BCUT2D eigenvalue weighted by atomic mass is 79.9. The maximum atomic E-state index is 10.5. The fraction of sp³-hybridized carbons (Fsp3) is 0.267. The highest BCUT2D eigenvalue weighted by Gasteiger charge is 2.23. The van der Waals surface area contributed by atoms with E-state index in [1.807, 2.05) is 50.2 Å². The molecule has 94 valence electrons. The zero-order chi connectivity index (χ0) is 13.2. The fourth-order valence-corrected chi connectivity index (χ4v) is 2.15. The molecule has 0 aliphatic rings. The van der Waals surface area contributed by atoms with Gasteiger partial charge in [0.15, 0.2) is 0 Å². The molecular formula is C15H16BrNO. The number of aryl methyl sites for hydroxylation is 1. The normalized spacial score (nSPS) is 14.2. The van der Waals surface area contributed by atoms with Crippen LogP contribution in [0.5, 0.6) is 0 Å². The van der Waals surface area contributed by atoms with Crippen LogP contribution in [0.1, 0.15) is 23.7 Å². The highest BCUT2D eigenvalue weighted by molar-refractivity contribution is 9.10. The molecule has 3 heteroatoms. The Hall–Kier alpha value is -1.19. The van der Waals surface area contributed by atoms with E-state index in [1.165, 1.54) is 0 Å². The van der Waals surface area contributed by atoms with Crippen LogP contribution in [-0.2, 0) is 12.0 Å². The molecule has 0 saturated carbocycles. The van der Waals surface area contributed by atoms with Gasteiger partial charge in [-0.25, -0.2) is 0 Å². The predicted octanol–water partition coefficient (Wildman–Crippen LogP) is 3.60. The minimum absolute atomic E-state index is 0.574. The second kappa shape index (κ2) is 5.21. The number of nitrogens with zero attached hydrogens (tertiary/aromatic N) is 1. The van der Waals surface area contributed by atoms with E-state index in [0.29, 0.717) is 6.42 Å². The molecule has 0 amide bonds. The van der Waals surface area contributed by atoms with Crippen molar-refractivity contribution in [1.29, 1.82) is 0 Å². The Morgan fingerprint density at radius 3 is 2.39 bits per heavy atom. The van der Waals surface area contributed by atoms with E-state index in [9.17, 15) is 5.11 Å². The summed E-state index contributed by atoms with van der Waals surface area (Å²) < 4.78 is 1.04. The predicted molar refractivity (Wildman–Crippen MR) is 76.4 cm³/mol. The van der Waals surface area contributed by atoms with Gasteiger partial charge in [0, 0.05) is 28.3 Å². The number of hydrogen-bond donors (Lipinski definition) is 1. The van der Waals surface area contributed by atoms with Crippen LogP contribution in [0.3, 0.4) is 0 Å². The number of aliphatic hydroxyl groups is 1. The van der Waals surface area contributed by atoms with Gasteiger partial charge in [-0.1, -0.05) is 34.1 Å². The maximum absolute atomic E-state index is 10.5. The van der Waals surface area contributed by atoms with E-state index in [4.69, 9.17) is 0 Å². The van der Waals surface area contributed by atoms with Crippen LogP contribution >= 0.6 is 15.9 Å². The van der Waals surface area contributed by atoms with Crippen LogP contribution in [-0.4, -0.2) is 10.1 Å². The number of hydrogen-bond acceptors (Lipinski definition) is 2. The Morgan fingerprint density at radius 2 is 1.83 bits per heavy atom. The minimum Gasteiger partial charge on any atom is -0.385 e. The summed E-state index contributed by atoms with van der Waals surface area (Å²) in [5.74, 6) is 0. The monoisotopic (exact) mass is 305 g/mol. The second-order valence-electron chi connectivity index (χ2n) is 4.77. The Labute approximate surface area is 116 Å². The molecule has 1 atom stereocenters. The molecule has 0 fully saturated rings. The van der Waals surface area contributed by atoms with Crippen molar-refractivity contribution in [3.63, 3.8) is 0 Å². The highest BCUT2D eigenvalue weighted by Crippen LogP contribution is 2.25. The van der Waals surface area contributed by atoms with Crippen molar-refractivity contribution in [1.82, 2.24) is 4.98 Å². The molecular weight excluding hydrogens is 290 g/mol. The van der Waals surface area contributed by atoms with E-state index in [0.717, 1.165) is 21.3 Å². The molecule has 0 bridgehead atoms. The minimum atomic E-state index is -0.894. The van der Waals surface area contributed by atoms with Crippen molar-refractivity contribution in [2.24, 2.45) is 0 Å². The van der Waals surface area contributed by atoms with Gasteiger partial charge in [0.1, 0.15) is 0 Å². The van der Waals surface area contributed by atoms with Crippen molar-refractivity contribution in [2.45, 2.75) is 25.9 Å². The van der Waals surface area contributed by atoms with Crippen molar-refractivity contribution >= 4 is 15.9 Å². The van der Waals surface area contributed by atoms with Crippen LogP contribution in [0.2, 0.25) is 0 Å². The Morgan fingerprint density at radius 1 is 1.17 bits per heavy atom. The lowest BCUT2D eigenvalue weighted by Gasteiger charge is -2.23. The Kier molecular flexibility index (Phi) is 3.83. The summed E-state index contributed by atoms with van der Waals surface area (Å²) in [5.41, 5.74) is 2.01. The summed E-state index contributed by atoms with van der Waals surface area (Å²) >= 11 is 3.41. The van der Waals surface area contributed by atoms with Gasteiger partial charge in [0.2, 0.25) is 0 Å². The largest absolute Gasteiger partial charge is 0.385 e. The molecule has 0 spiro atoms. The number of rotatable bonds is 3. The zero-order valence-electron chi connectivity index (χ0n) is 10.5. The lowest BCUT2D eigenvalue weighted by Crippen LogP contribution is -2.24. The Bertz CT molecular complexity index is 517. The van der Waals surface area contributed by atoms with Gasteiger partial charge in [0.05, 0.1) is 5.60 Å². The maximum Gasteiger partial charge on any atom is 0.0923 e. The third-order valence-corrected chi connectivity index (χ3v) is 3.52. The molecule has 1 heterocycles. The number of aromatic nitrogens is 1. The van der Waals surface area contributed by atoms with Gasteiger partial charge in [-0.2, -0.15) is 0 Å². The van der Waals surface area contributed by atoms with Gasteiger partial charge < -0.3 is 5.11 Å². The summed E-state index contributed by atoms with van der Waals surface area (Å²) in [6, 6.07) is 11.9. The second-order valence-corrected chi connectivity index (χ2v) is 5.68. The van der Waals surface area contributed by atoms with Crippen LogP contribution < -0.4 is 0 Å². The first kappa shape index (κ1) is 13.2. The van der Waals surface area contributed by atoms with Crippen LogP contribution in [0, 0.1) is 6.92 Å². The average Bonchev–Trinajstić information content (AvgIpc) is 2.32. The third-order valence-electron chi connectivity index (χ3n) is 2.99. The summed E-state index contributed by atoms with van der Waals surface area (Å²) in [4.78, 5) is 4.23. The third kappa shape index (κ3) is 3.18. The first-order chi connectivity index (χ1) is 8.47.